The molecule has 0 aromatic heterocycles. The van der Waals surface area contributed by atoms with Crippen LogP contribution in [0.4, 0.5) is 0 Å². The predicted octanol–water partition coefficient (Wildman–Crippen LogP) is 32.9. The third kappa shape index (κ3) is 11.1. The Hall–Kier alpha value is -15.1. The van der Waals surface area contributed by atoms with Crippen LogP contribution in [0.5, 0.6) is 0 Å². The molecule has 0 atom stereocenters. The van der Waals surface area contributed by atoms with E-state index >= 15 is 0 Å². The van der Waals surface area contributed by atoms with Crippen molar-refractivity contribution in [3.05, 3.63) is 437 Å². The normalized spacial score (nSPS) is 11.8. The standard InChI is InChI=1S/2C58H36/c1-2-17-45-38(13-1)14-12-26-46(45)41-16-11-15-39(33-41)40-29-27-37-28-30-42(35-44(37)34-40)57-52-22-7-9-24-54(52)58(55-25-10-8-23-53(55)57)43-31-32-51-49-20-4-3-18-47(49)48-19-5-6-21-50(48)56(51)36-43;1-2-14-45-39(12-1)13-11-23-46(45)40-28-24-37(25-29-40)41-30-26-38-27-31-42(35-44(38)34-41)57-52-19-7-9-21-54(52)58(55-22-10-8-20-53(55)57)43-32-33-51-49-17-4-3-15-47(49)48-16-5-6-18-50(48)56(51)36-43/h2*1-36H. The topological polar surface area (TPSA) is 0 Å². The Morgan fingerprint density at radius 2 is 0.310 bits per heavy atom. The summed E-state index contributed by atoms with van der Waals surface area (Å²) in [6.45, 7) is 0. The van der Waals surface area contributed by atoms with E-state index in [4.69, 9.17) is 0 Å². The maximum Gasteiger partial charge on any atom is -0.00261 e. The van der Waals surface area contributed by atoms with E-state index in [9.17, 15) is 0 Å². The Kier molecular flexibility index (Phi) is 15.7. The molecule has 0 spiro atoms. The average molecular weight is 1470 g/mol. The molecule has 0 heterocycles. The van der Waals surface area contributed by atoms with Crippen LogP contribution in [0.2, 0.25) is 0 Å². The molecule has 24 aromatic rings. The summed E-state index contributed by atoms with van der Waals surface area (Å²) in [6.07, 6.45) is 0. The summed E-state index contributed by atoms with van der Waals surface area (Å²) in [5.41, 5.74) is 19.9. The fourth-order valence-electron chi connectivity index (χ4n) is 19.5. The van der Waals surface area contributed by atoms with E-state index < -0.39 is 0 Å². The molecule has 24 aromatic carbocycles. The number of benzene rings is 24. The lowest BCUT2D eigenvalue weighted by molar-refractivity contribution is 1.62. The first kappa shape index (κ1) is 66.7. The van der Waals surface area contributed by atoms with Gasteiger partial charge in [0.05, 0.1) is 0 Å². The highest BCUT2D eigenvalue weighted by atomic mass is 14.3. The number of rotatable bonds is 8. The van der Waals surface area contributed by atoms with Crippen LogP contribution in [0, 0.1) is 0 Å². The lowest BCUT2D eigenvalue weighted by Gasteiger charge is -2.19. The zero-order chi connectivity index (χ0) is 76.3. The highest BCUT2D eigenvalue weighted by molar-refractivity contribution is 6.30. The van der Waals surface area contributed by atoms with Crippen molar-refractivity contribution < 1.29 is 0 Å². The maximum atomic E-state index is 2.44. The molecule has 0 N–H and O–H groups in total. The van der Waals surface area contributed by atoms with Crippen molar-refractivity contribution in [2.45, 2.75) is 0 Å². The number of hydrogen-bond donors (Lipinski definition) is 0. The van der Waals surface area contributed by atoms with Crippen LogP contribution in [0.3, 0.4) is 0 Å². The van der Waals surface area contributed by atoms with Crippen LogP contribution < -0.4 is 0 Å². The molecule has 116 heavy (non-hydrogen) atoms. The zero-order valence-electron chi connectivity index (χ0n) is 63.6. The van der Waals surface area contributed by atoms with Gasteiger partial charge in [0, 0.05) is 0 Å². The second-order valence-corrected chi connectivity index (χ2v) is 31.2. The molecule has 0 bridgehead atoms. The summed E-state index contributed by atoms with van der Waals surface area (Å²) in [5.74, 6) is 0. The Morgan fingerprint density at radius 3 is 0.681 bits per heavy atom. The Morgan fingerprint density at radius 1 is 0.0862 bits per heavy atom. The molecular formula is C116H72. The van der Waals surface area contributed by atoms with Crippen molar-refractivity contribution >= 4 is 151 Å². The lowest BCUT2D eigenvalue weighted by Crippen LogP contribution is -1.91. The van der Waals surface area contributed by atoms with Crippen LogP contribution >= 0.6 is 0 Å². The highest BCUT2D eigenvalue weighted by Crippen LogP contribution is 2.50. The van der Waals surface area contributed by atoms with Crippen molar-refractivity contribution in [1.82, 2.24) is 0 Å². The predicted molar refractivity (Wildman–Crippen MR) is 501 cm³/mol. The largest absolute Gasteiger partial charge is 0.0616 e. The van der Waals surface area contributed by atoms with E-state index in [-0.39, 0.29) is 0 Å². The fourth-order valence-corrected chi connectivity index (χ4v) is 19.5. The van der Waals surface area contributed by atoms with E-state index in [1.165, 1.54) is 240 Å². The van der Waals surface area contributed by atoms with Crippen molar-refractivity contribution in [2.24, 2.45) is 0 Å². The SMILES string of the molecule is c1cc(-c2ccc3ccc(-c4c5ccccc5c(-c5ccc6c7ccccc7c7ccccc7c6c5)c5ccccc45)cc3c2)cc(-c2cccc3ccccc23)c1.c1ccc2c(-c3ccc(-c4ccc5ccc(-c6c7ccccc7c(-c7ccc8c9ccccc9c9ccccc9c8c7)c7ccccc67)cc5c4)cc3)cccc2c1. The van der Waals surface area contributed by atoms with E-state index in [0.29, 0.717) is 0 Å². The van der Waals surface area contributed by atoms with E-state index in [1.54, 1.807) is 0 Å². The summed E-state index contributed by atoms with van der Waals surface area (Å²) in [5, 5.41) is 35.7. The summed E-state index contributed by atoms with van der Waals surface area (Å²) >= 11 is 0. The third-order valence-electron chi connectivity index (χ3n) is 24.8. The van der Waals surface area contributed by atoms with Crippen molar-refractivity contribution in [1.29, 1.82) is 0 Å². The van der Waals surface area contributed by atoms with Crippen LogP contribution in [0.15, 0.2) is 437 Å². The molecule has 0 fully saturated rings. The monoisotopic (exact) mass is 1460 g/mol. The quantitative estimate of drug-likeness (QED) is 0.105. The molecule has 0 radical (unpaired) electrons. The van der Waals surface area contributed by atoms with Gasteiger partial charge in [0.15, 0.2) is 0 Å². The van der Waals surface area contributed by atoms with E-state index in [0.717, 1.165) is 0 Å². The molecule has 0 unspecified atom stereocenters. The molecule has 0 aliphatic rings. The molecule has 0 amide bonds. The van der Waals surface area contributed by atoms with Crippen molar-refractivity contribution in [3.8, 4) is 89.0 Å². The van der Waals surface area contributed by atoms with Crippen LogP contribution in [-0.2, 0) is 0 Å². The molecule has 0 heteroatoms. The summed E-state index contributed by atoms with van der Waals surface area (Å²) < 4.78 is 0. The van der Waals surface area contributed by atoms with Gasteiger partial charge in [0.1, 0.15) is 0 Å². The minimum absolute atomic E-state index is 1.22. The second-order valence-electron chi connectivity index (χ2n) is 31.2. The second kappa shape index (κ2) is 27.4. The molecule has 0 nitrogen and oxygen atoms in total. The van der Waals surface area contributed by atoms with Gasteiger partial charge in [-0.2, -0.15) is 0 Å². The molecule has 0 aliphatic heterocycles. The first-order valence-corrected chi connectivity index (χ1v) is 40.3. The molecule has 0 aliphatic carbocycles. The van der Waals surface area contributed by atoms with Gasteiger partial charge in [-0.1, -0.05) is 394 Å². The third-order valence-corrected chi connectivity index (χ3v) is 24.8. The van der Waals surface area contributed by atoms with Crippen molar-refractivity contribution in [2.75, 3.05) is 0 Å². The van der Waals surface area contributed by atoms with Crippen molar-refractivity contribution in [3.63, 3.8) is 0 Å². The Labute approximate surface area is 671 Å². The first-order valence-electron chi connectivity index (χ1n) is 40.3. The molecule has 0 saturated carbocycles. The van der Waals surface area contributed by atoms with E-state index in [2.05, 4.69) is 437 Å². The highest BCUT2D eigenvalue weighted by Gasteiger charge is 2.22. The number of fused-ring (bicyclic) bond motifs is 20. The maximum absolute atomic E-state index is 2.44. The smallest absolute Gasteiger partial charge is 0.00261 e. The average Bonchev–Trinajstić information content (AvgIpc) is 0.728. The van der Waals surface area contributed by atoms with Gasteiger partial charge in [0.2, 0.25) is 0 Å². The number of hydrogen-bond acceptors (Lipinski definition) is 0. The van der Waals surface area contributed by atoms with Gasteiger partial charge in [-0.15, -0.1) is 0 Å². The minimum atomic E-state index is 1.22. The van der Waals surface area contributed by atoms with Gasteiger partial charge < -0.3 is 0 Å². The zero-order valence-corrected chi connectivity index (χ0v) is 63.6. The molecule has 536 valence electrons. The van der Waals surface area contributed by atoms with Crippen LogP contribution in [0.1, 0.15) is 0 Å². The van der Waals surface area contributed by atoms with Gasteiger partial charge >= 0.3 is 0 Å². The van der Waals surface area contributed by atoms with Gasteiger partial charge in [0.25, 0.3) is 0 Å². The Bertz CT molecular complexity index is 8000. The van der Waals surface area contributed by atoms with Gasteiger partial charge in [-0.25, -0.2) is 0 Å². The first-order chi connectivity index (χ1) is 57.5. The van der Waals surface area contributed by atoms with Gasteiger partial charge in [-0.05, 0) is 282 Å². The summed E-state index contributed by atoms with van der Waals surface area (Å²) in [7, 11) is 0. The molecule has 0 saturated heterocycles. The minimum Gasteiger partial charge on any atom is -0.0616 e. The summed E-state index contributed by atoms with van der Waals surface area (Å²) in [4.78, 5) is 0. The fraction of sp³-hybridized carbons (Fsp3) is 0. The van der Waals surface area contributed by atoms with Crippen LogP contribution in [0.25, 0.3) is 240 Å². The van der Waals surface area contributed by atoms with Gasteiger partial charge in [-0.3, -0.25) is 0 Å². The van der Waals surface area contributed by atoms with Crippen LogP contribution in [-0.4, -0.2) is 0 Å². The van der Waals surface area contributed by atoms with E-state index in [1.807, 2.05) is 0 Å². The lowest BCUT2D eigenvalue weighted by atomic mass is 9.84. The summed E-state index contributed by atoms with van der Waals surface area (Å²) in [6, 6.07) is 162. The molecule has 24 rings (SSSR count). The Balaban J connectivity index is 0.000000137. The molecular weight excluding hydrogens is 1390 g/mol.